The SMILES string of the molecule is CCN(C1CCCC1)C(CN)c1cncn1CC. The van der Waals surface area contributed by atoms with Gasteiger partial charge < -0.3 is 10.3 Å². The van der Waals surface area contributed by atoms with Gasteiger partial charge in [-0.3, -0.25) is 4.90 Å². The molecule has 2 rings (SSSR count). The Balaban J connectivity index is 2.19. The van der Waals surface area contributed by atoms with Crippen LogP contribution >= 0.6 is 0 Å². The molecule has 4 heteroatoms. The van der Waals surface area contributed by atoms with Crippen LogP contribution in [-0.4, -0.2) is 33.6 Å². The van der Waals surface area contributed by atoms with E-state index in [0.29, 0.717) is 18.6 Å². The van der Waals surface area contributed by atoms with Crippen molar-refractivity contribution in [3.8, 4) is 0 Å². The molecule has 1 aliphatic carbocycles. The lowest BCUT2D eigenvalue weighted by Crippen LogP contribution is -2.41. The molecule has 4 nitrogen and oxygen atoms in total. The monoisotopic (exact) mass is 250 g/mol. The average Bonchev–Trinajstić information content (AvgIpc) is 3.06. The van der Waals surface area contributed by atoms with Crippen molar-refractivity contribution in [2.45, 2.75) is 58.2 Å². The van der Waals surface area contributed by atoms with Gasteiger partial charge in [-0.1, -0.05) is 19.8 Å². The second kappa shape index (κ2) is 6.34. The molecule has 0 aromatic carbocycles. The minimum absolute atomic E-state index is 0.320. The van der Waals surface area contributed by atoms with E-state index in [4.69, 9.17) is 5.73 Å². The Bertz CT molecular complexity index is 354. The molecule has 18 heavy (non-hydrogen) atoms. The van der Waals surface area contributed by atoms with Crippen molar-refractivity contribution in [2.24, 2.45) is 5.73 Å². The first-order valence-corrected chi connectivity index (χ1v) is 7.27. The highest BCUT2D eigenvalue weighted by molar-refractivity contribution is 5.07. The largest absolute Gasteiger partial charge is 0.333 e. The van der Waals surface area contributed by atoms with E-state index < -0.39 is 0 Å². The lowest BCUT2D eigenvalue weighted by Gasteiger charge is -2.35. The van der Waals surface area contributed by atoms with Gasteiger partial charge in [0.1, 0.15) is 0 Å². The van der Waals surface area contributed by atoms with Crippen LogP contribution in [0.15, 0.2) is 12.5 Å². The summed E-state index contributed by atoms with van der Waals surface area (Å²) in [5.41, 5.74) is 7.32. The molecular weight excluding hydrogens is 224 g/mol. The Morgan fingerprint density at radius 2 is 2.17 bits per heavy atom. The summed E-state index contributed by atoms with van der Waals surface area (Å²) in [6.45, 7) is 7.11. The van der Waals surface area contributed by atoms with E-state index in [1.165, 1.54) is 31.4 Å². The van der Waals surface area contributed by atoms with Crippen molar-refractivity contribution in [3.05, 3.63) is 18.2 Å². The van der Waals surface area contributed by atoms with Gasteiger partial charge in [0.15, 0.2) is 0 Å². The summed E-state index contributed by atoms with van der Waals surface area (Å²) < 4.78 is 2.22. The van der Waals surface area contributed by atoms with E-state index in [0.717, 1.165) is 13.1 Å². The maximum atomic E-state index is 6.05. The molecule has 1 atom stereocenters. The Kier molecular flexibility index (Phi) is 4.78. The van der Waals surface area contributed by atoms with E-state index >= 15 is 0 Å². The summed E-state index contributed by atoms with van der Waals surface area (Å²) >= 11 is 0. The second-order valence-electron chi connectivity index (χ2n) is 5.12. The maximum absolute atomic E-state index is 6.05. The smallest absolute Gasteiger partial charge is 0.0948 e. The number of hydrogen-bond acceptors (Lipinski definition) is 3. The summed E-state index contributed by atoms with van der Waals surface area (Å²) in [4.78, 5) is 6.87. The fraction of sp³-hybridized carbons (Fsp3) is 0.786. The molecule has 1 aromatic heterocycles. The minimum atomic E-state index is 0.320. The van der Waals surface area contributed by atoms with Crippen LogP contribution < -0.4 is 5.73 Å². The summed E-state index contributed by atoms with van der Waals surface area (Å²) in [6.07, 6.45) is 9.28. The van der Waals surface area contributed by atoms with Gasteiger partial charge in [-0.15, -0.1) is 0 Å². The van der Waals surface area contributed by atoms with Crippen LogP contribution in [0.4, 0.5) is 0 Å². The van der Waals surface area contributed by atoms with Gasteiger partial charge in [0.2, 0.25) is 0 Å². The molecule has 1 saturated carbocycles. The number of rotatable bonds is 6. The number of nitrogens with zero attached hydrogens (tertiary/aromatic N) is 3. The highest BCUT2D eigenvalue weighted by Gasteiger charge is 2.29. The number of imidazole rings is 1. The molecule has 1 unspecified atom stereocenters. The number of aryl methyl sites for hydroxylation is 1. The third-order valence-electron chi connectivity index (χ3n) is 4.21. The minimum Gasteiger partial charge on any atom is -0.333 e. The quantitative estimate of drug-likeness (QED) is 0.841. The molecule has 1 heterocycles. The number of aromatic nitrogens is 2. The third kappa shape index (κ3) is 2.59. The predicted octanol–water partition coefficient (Wildman–Crippen LogP) is 2.17. The van der Waals surface area contributed by atoms with Crippen molar-refractivity contribution in [1.29, 1.82) is 0 Å². The van der Waals surface area contributed by atoms with Gasteiger partial charge in [0, 0.05) is 25.3 Å². The van der Waals surface area contributed by atoms with Crippen LogP contribution in [0.5, 0.6) is 0 Å². The van der Waals surface area contributed by atoms with E-state index in [1.807, 2.05) is 12.5 Å². The van der Waals surface area contributed by atoms with Crippen molar-refractivity contribution < 1.29 is 0 Å². The topological polar surface area (TPSA) is 47.1 Å². The third-order valence-corrected chi connectivity index (χ3v) is 4.21. The molecule has 0 radical (unpaired) electrons. The molecule has 0 bridgehead atoms. The summed E-state index contributed by atoms with van der Waals surface area (Å²) in [5.74, 6) is 0. The second-order valence-corrected chi connectivity index (χ2v) is 5.12. The lowest BCUT2D eigenvalue weighted by atomic mass is 10.1. The number of nitrogens with two attached hydrogens (primary N) is 1. The lowest BCUT2D eigenvalue weighted by molar-refractivity contribution is 0.141. The van der Waals surface area contributed by atoms with Crippen molar-refractivity contribution >= 4 is 0 Å². The summed E-state index contributed by atoms with van der Waals surface area (Å²) in [7, 11) is 0. The van der Waals surface area contributed by atoms with Gasteiger partial charge in [-0.2, -0.15) is 0 Å². The Hall–Kier alpha value is -0.870. The molecule has 1 aliphatic rings. The van der Waals surface area contributed by atoms with Crippen LogP contribution in [0, 0.1) is 0 Å². The predicted molar refractivity (Wildman–Crippen MR) is 74.3 cm³/mol. The van der Waals surface area contributed by atoms with Gasteiger partial charge in [0.25, 0.3) is 0 Å². The normalized spacial score (nSPS) is 18.7. The first-order valence-electron chi connectivity index (χ1n) is 7.27. The molecule has 2 N–H and O–H groups in total. The summed E-state index contributed by atoms with van der Waals surface area (Å²) in [5, 5.41) is 0. The molecule has 1 fully saturated rings. The molecule has 0 amide bonds. The van der Waals surface area contributed by atoms with Crippen molar-refractivity contribution in [3.63, 3.8) is 0 Å². The molecule has 102 valence electrons. The van der Waals surface area contributed by atoms with E-state index in [1.54, 1.807) is 0 Å². The van der Waals surface area contributed by atoms with Crippen LogP contribution in [0.25, 0.3) is 0 Å². The Labute approximate surface area is 110 Å². The fourth-order valence-corrected chi connectivity index (χ4v) is 3.27. The Morgan fingerprint density at radius 1 is 1.44 bits per heavy atom. The summed E-state index contributed by atoms with van der Waals surface area (Å²) in [6, 6.07) is 1.03. The standard InChI is InChI=1S/C14H26N4/c1-3-17-11-16-10-14(17)13(9-15)18(4-2)12-7-5-6-8-12/h10-13H,3-9,15H2,1-2H3. The van der Waals surface area contributed by atoms with E-state index in [2.05, 4.69) is 28.3 Å². The van der Waals surface area contributed by atoms with Gasteiger partial charge in [0.05, 0.1) is 18.1 Å². The maximum Gasteiger partial charge on any atom is 0.0948 e. The zero-order chi connectivity index (χ0) is 13.0. The first kappa shape index (κ1) is 13.6. The van der Waals surface area contributed by atoms with E-state index in [-0.39, 0.29) is 0 Å². The zero-order valence-electron chi connectivity index (χ0n) is 11.7. The van der Waals surface area contributed by atoms with Crippen LogP contribution in [0.1, 0.15) is 51.3 Å². The zero-order valence-corrected chi connectivity index (χ0v) is 11.7. The average molecular weight is 250 g/mol. The molecular formula is C14H26N4. The van der Waals surface area contributed by atoms with Crippen molar-refractivity contribution in [1.82, 2.24) is 14.5 Å². The molecule has 0 saturated heterocycles. The molecule has 0 aliphatic heterocycles. The number of hydrogen-bond donors (Lipinski definition) is 1. The van der Waals surface area contributed by atoms with Gasteiger partial charge in [-0.05, 0) is 26.3 Å². The highest BCUT2D eigenvalue weighted by atomic mass is 15.2. The van der Waals surface area contributed by atoms with Gasteiger partial charge in [-0.25, -0.2) is 4.98 Å². The molecule has 1 aromatic rings. The molecule has 0 spiro atoms. The van der Waals surface area contributed by atoms with Gasteiger partial charge >= 0.3 is 0 Å². The van der Waals surface area contributed by atoms with Crippen LogP contribution in [0.3, 0.4) is 0 Å². The van der Waals surface area contributed by atoms with Crippen LogP contribution in [0.2, 0.25) is 0 Å². The fourth-order valence-electron chi connectivity index (χ4n) is 3.27. The first-order chi connectivity index (χ1) is 8.81. The number of likely N-dealkylation sites (N-methyl/N-ethyl adjacent to an activating group) is 1. The van der Waals surface area contributed by atoms with Crippen molar-refractivity contribution in [2.75, 3.05) is 13.1 Å². The highest BCUT2D eigenvalue weighted by Crippen LogP contribution is 2.30. The Morgan fingerprint density at radius 3 is 2.72 bits per heavy atom. The van der Waals surface area contributed by atoms with E-state index in [9.17, 15) is 0 Å². The van der Waals surface area contributed by atoms with Crippen LogP contribution in [-0.2, 0) is 6.54 Å².